The number of aromatic nitrogens is 2. The van der Waals surface area contributed by atoms with E-state index in [1.54, 1.807) is 11.8 Å². The van der Waals surface area contributed by atoms with Gasteiger partial charge in [-0.25, -0.2) is 0 Å². The van der Waals surface area contributed by atoms with Crippen LogP contribution in [0.15, 0.2) is 15.8 Å². The van der Waals surface area contributed by atoms with Crippen molar-refractivity contribution in [3.05, 3.63) is 12.2 Å². The van der Waals surface area contributed by atoms with Gasteiger partial charge in [-0.1, -0.05) is 23.8 Å². The van der Waals surface area contributed by atoms with Gasteiger partial charge in [0.2, 0.25) is 5.89 Å². The van der Waals surface area contributed by atoms with Crippen LogP contribution in [0.25, 0.3) is 0 Å². The summed E-state index contributed by atoms with van der Waals surface area (Å²) in [5.41, 5.74) is 0. The van der Waals surface area contributed by atoms with Gasteiger partial charge in [0.1, 0.15) is 0 Å². The van der Waals surface area contributed by atoms with Crippen LogP contribution in [0.1, 0.15) is 12.8 Å². The van der Waals surface area contributed by atoms with Gasteiger partial charge in [0.05, 0.1) is 6.54 Å². The fraction of sp³-hybridized carbons (Fsp3) is 0.625. The Balaban J connectivity index is 1.69. The highest BCUT2D eigenvalue weighted by atomic mass is 32.2. The van der Waals surface area contributed by atoms with E-state index in [-0.39, 0.29) is 0 Å². The van der Waals surface area contributed by atoms with E-state index in [4.69, 9.17) is 4.52 Å². The van der Waals surface area contributed by atoms with Crippen LogP contribution in [0, 0.1) is 0 Å². The lowest BCUT2D eigenvalue weighted by Crippen LogP contribution is -2.22. The maximum absolute atomic E-state index is 4.87. The van der Waals surface area contributed by atoms with E-state index in [9.17, 15) is 0 Å². The van der Waals surface area contributed by atoms with Crippen LogP contribution in [0.3, 0.4) is 0 Å². The summed E-state index contributed by atoms with van der Waals surface area (Å²) in [6.45, 7) is 3.87. The molecule has 2 heterocycles. The topological polar surface area (TPSA) is 63.3 Å². The number of hydrogen-bond acceptors (Lipinski definition) is 6. The van der Waals surface area contributed by atoms with Gasteiger partial charge < -0.3 is 9.84 Å². The summed E-state index contributed by atoms with van der Waals surface area (Å²) < 4.78 is 4.87. The fourth-order valence-corrected chi connectivity index (χ4v) is 2.02. The first kappa shape index (κ1) is 9.51. The number of aliphatic imine (C=N–C) groups is 1. The van der Waals surface area contributed by atoms with E-state index in [1.165, 1.54) is 6.33 Å². The molecule has 1 N–H and O–H groups in total. The predicted molar refractivity (Wildman–Crippen MR) is 55.4 cm³/mol. The van der Waals surface area contributed by atoms with Crippen molar-refractivity contribution in [1.29, 1.82) is 0 Å². The Morgan fingerprint density at radius 2 is 2.64 bits per heavy atom. The van der Waals surface area contributed by atoms with E-state index in [1.807, 2.05) is 0 Å². The minimum Gasteiger partial charge on any atom is -0.364 e. The summed E-state index contributed by atoms with van der Waals surface area (Å²) in [5.74, 6) is 0.661. The Morgan fingerprint density at radius 1 is 1.71 bits per heavy atom. The summed E-state index contributed by atoms with van der Waals surface area (Å²) in [6, 6.07) is 0. The molecule has 0 aliphatic carbocycles. The van der Waals surface area contributed by atoms with Gasteiger partial charge in [0.15, 0.2) is 11.5 Å². The van der Waals surface area contributed by atoms with Crippen LogP contribution >= 0.6 is 11.8 Å². The van der Waals surface area contributed by atoms with Crippen LogP contribution in [-0.2, 0) is 6.42 Å². The van der Waals surface area contributed by atoms with Crippen molar-refractivity contribution in [2.24, 2.45) is 4.99 Å². The summed E-state index contributed by atoms with van der Waals surface area (Å²) in [6.07, 6.45) is 2.16. The summed E-state index contributed by atoms with van der Waals surface area (Å²) in [5, 5.41) is 8.39. The zero-order valence-corrected chi connectivity index (χ0v) is 8.75. The van der Waals surface area contributed by atoms with Crippen molar-refractivity contribution in [3.8, 4) is 0 Å². The maximum Gasteiger partial charge on any atom is 0.228 e. The number of nitrogens with zero attached hydrogens (tertiary/aromatic N) is 3. The number of hydrogen-bond donors (Lipinski definition) is 1. The Bertz CT molecular complexity index is 311. The van der Waals surface area contributed by atoms with Crippen LogP contribution in [0.5, 0.6) is 0 Å². The van der Waals surface area contributed by atoms with E-state index in [0.717, 1.165) is 24.7 Å². The average Bonchev–Trinajstić information content (AvgIpc) is 2.77. The highest BCUT2D eigenvalue weighted by Gasteiger charge is 2.14. The number of amidine groups is 1. The van der Waals surface area contributed by atoms with Crippen molar-refractivity contribution in [3.63, 3.8) is 0 Å². The second-order valence-corrected chi connectivity index (χ2v) is 4.51. The van der Waals surface area contributed by atoms with Gasteiger partial charge in [0, 0.05) is 18.2 Å². The van der Waals surface area contributed by atoms with Crippen LogP contribution < -0.4 is 5.32 Å². The third kappa shape index (κ3) is 2.47. The highest BCUT2D eigenvalue weighted by molar-refractivity contribution is 8.14. The maximum atomic E-state index is 4.87. The third-order valence-corrected chi connectivity index (χ3v) is 2.87. The molecular weight excluding hydrogens is 200 g/mol. The Hall–Kier alpha value is -1.04. The van der Waals surface area contributed by atoms with Crippen molar-refractivity contribution in [2.45, 2.75) is 18.6 Å². The molecule has 1 aromatic heterocycles. The quantitative estimate of drug-likeness (QED) is 0.798. The van der Waals surface area contributed by atoms with Crippen LogP contribution in [0.4, 0.5) is 0 Å². The molecule has 0 bridgehead atoms. The van der Waals surface area contributed by atoms with Gasteiger partial charge in [0.25, 0.3) is 0 Å². The number of nitrogens with one attached hydrogen (secondary N) is 1. The largest absolute Gasteiger partial charge is 0.364 e. The van der Waals surface area contributed by atoms with E-state index < -0.39 is 0 Å². The van der Waals surface area contributed by atoms with E-state index in [0.29, 0.717) is 11.1 Å². The Kier molecular flexibility index (Phi) is 3.03. The molecule has 1 aliphatic heterocycles. The summed E-state index contributed by atoms with van der Waals surface area (Å²) >= 11 is 1.77. The molecular formula is C8H12N4OS. The summed E-state index contributed by atoms with van der Waals surface area (Å²) in [7, 11) is 0. The van der Waals surface area contributed by atoms with Gasteiger partial charge in [-0.05, 0) is 0 Å². The van der Waals surface area contributed by atoms with Gasteiger partial charge in [-0.2, -0.15) is 4.98 Å². The second kappa shape index (κ2) is 4.45. The van der Waals surface area contributed by atoms with E-state index >= 15 is 0 Å². The highest BCUT2D eigenvalue weighted by Crippen LogP contribution is 2.18. The Labute approximate surface area is 86.4 Å². The zero-order valence-electron chi connectivity index (χ0n) is 7.93. The monoisotopic (exact) mass is 212 g/mol. The molecule has 0 saturated carbocycles. The molecule has 76 valence electrons. The third-order valence-electron chi connectivity index (χ3n) is 1.83. The molecule has 0 radical (unpaired) electrons. The molecule has 1 aromatic rings. The molecule has 1 atom stereocenters. The first-order valence-electron chi connectivity index (χ1n) is 4.55. The molecule has 14 heavy (non-hydrogen) atoms. The smallest absolute Gasteiger partial charge is 0.228 e. The lowest BCUT2D eigenvalue weighted by Gasteiger charge is -2.03. The van der Waals surface area contributed by atoms with Gasteiger partial charge in [-0.3, -0.25) is 4.99 Å². The normalized spacial score (nSPS) is 20.9. The molecule has 0 saturated heterocycles. The molecule has 0 fully saturated rings. The standard InChI is InChI=1S/C8H12N4OS/c1-6-4-10-8(14-6)9-3-2-7-11-5-12-13-7/h5-6H,2-4H2,1H3,(H,9,10). The molecule has 2 rings (SSSR count). The average molecular weight is 212 g/mol. The molecule has 0 aromatic carbocycles. The van der Waals surface area contributed by atoms with Crippen LogP contribution in [0.2, 0.25) is 0 Å². The zero-order chi connectivity index (χ0) is 9.80. The first-order valence-corrected chi connectivity index (χ1v) is 5.43. The van der Waals surface area contributed by atoms with Gasteiger partial charge in [-0.15, -0.1) is 0 Å². The lowest BCUT2D eigenvalue weighted by atomic mass is 10.4. The van der Waals surface area contributed by atoms with Crippen LogP contribution in [-0.4, -0.2) is 33.6 Å². The first-order chi connectivity index (χ1) is 6.84. The molecule has 1 unspecified atom stereocenters. The fourth-order valence-electron chi connectivity index (χ4n) is 1.16. The SMILES string of the molecule is CC1CN=C(NCCc2ncno2)S1. The van der Waals surface area contributed by atoms with Gasteiger partial charge >= 0.3 is 0 Å². The van der Waals surface area contributed by atoms with Crippen molar-refractivity contribution < 1.29 is 4.52 Å². The van der Waals surface area contributed by atoms with E-state index in [2.05, 4.69) is 27.4 Å². The molecule has 1 aliphatic rings. The second-order valence-electron chi connectivity index (χ2n) is 3.09. The van der Waals surface area contributed by atoms with Crippen molar-refractivity contribution in [1.82, 2.24) is 15.5 Å². The predicted octanol–water partition coefficient (Wildman–Crippen LogP) is 0.693. The Morgan fingerprint density at radius 3 is 3.29 bits per heavy atom. The molecule has 0 spiro atoms. The molecule has 6 heteroatoms. The molecule has 5 nitrogen and oxygen atoms in total. The number of thioether (sulfide) groups is 1. The lowest BCUT2D eigenvalue weighted by molar-refractivity contribution is 0.377. The van der Waals surface area contributed by atoms with Crippen molar-refractivity contribution in [2.75, 3.05) is 13.1 Å². The number of rotatable bonds is 3. The minimum atomic E-state index is 0.598. The summed E-state index contributed by atoms with van der Waals surface area (Å²) in [4.78, 5) is 8.27. The van der Waals surface area contributed by atoms with Crippen molar-refractivity contribution >= 4 is 16.9 Å². The minimum absolute atomic E-state index is 0.598. The molecule has 0 amide bonds.